The van der Waals surface area contributed by atoms with Gasteiger partial charge in [0.05, 0.1) is 0 Å². The summed E-state index contributed by atoms with van der Waals surface area (Å²) in [4.78, 5) is 0. The van der Waals surface area contributed by atoms with E-state index in [-0.39, 0.29) is 9.90 Å². The third-order valence-electron chi connectivity index (χ3n) is 4.34. The Bertz CT molecular complexity index is 300. The molecule has 0 fully saturated rings. The average molecular weight is 345 g/mol. The van der Waals surface area contributed by atoms with Gasteiger partial charge >= 0.3 is 91.7 Å². The van der Waals surface area contributed by atoms with E-state index < -0.39 is 7.26 Å². The van der Waals surface area contributed by atoms with Gasteiger partial charge in [-0.25, -0.2) is 0 Å². The van der Waals surface area contributed by atoms with Gasteiger partial charge in [0.1, 0.15) is 0 Å². The van der Waals surface area contributed by atoms with Gasteiger partial charge in [-0.3, -0.25) is 0 Å². The second-order valence-corrected chi connectivity index (χ2v) is 11.9. The quantitative estimate of drug-likeness (QED) is 0.431. The molecule has 1 aromatic rings. The molecule has 1 rings (SSSR count). The molecule has 0 saturated carbocycles. The van der Waals surface area contributed by atoms with Crippen LogP contribution >= 0.6 is 17.2 Å². The fraction of sp³-hybridized carbons (Fsp3) is 0.700. The van der Waals surface area contributed by atoms with Crippen molar-refractivity contribution in [3.8, 4) is 0 Å². The molecule has 0 aliphatic rings. The van der Waals surface area contributed by atoms with Crippen molar-refractivity contribution in [2.45, 2.75) is 66.2 Å². The molecule has 1 aromatic carbocycles. The molecule has 0 spiro atoms. The van der Waals surface area contributed by atoms with Gasteiger partial charge in [0.25, 0.3) is 0 Å². The Morgan fingerprint density at radius 1 is 0.727 bits per heavy atom. The van der Waals surface area contributed by atoms with Crippen LogP contribution in [0.5, 0.6) is 0 Å². The molecule has 0 heterocycles. The van der Waals surface area contributed by atoms with E-state index in [0.29, 0.717) is 0 Å². The van der Waals surface area contributed by atoms with Crippen molar-refractivity contribution in [1.82, 2.24) is 0 Å². The summed E-state index contributed by atoms with van der Waals surface area (Å²) in [5.41, 5.74) is 1.32. The van der Waals surface area contributed by atoms with Crippen LogP contribution in [0.25, 0.3) is 0 Å². The van der Waals surface area contributed by atoms with Crippen molar-refractivity contribution in [2.75, 3.05) is 25.2 Å². The molecule has 0 aromatic heterocycles. The monoisotopic (exact) mass is 344 g/mol. The van der Waals surface area contributed by atoms with Crippen LogP contribution in [0.3, 0.4) is 0 Å². The molecule has 132 valence electrons. The first-order valence-electron chi connectivity index (χ1n) is 9.09. The molecule has 0 nitrogen and oxygen atoms in total. The molecular formula is C20H42P2. The van der Waals surface area contributed by atoms with E-state index >= 15 is 0 Å². The summed E-state index contributed by atoms with van der Waals surface area (Å²) in [5.74, 6) is 0. The van der Waals surface area contributed by atoms with Crippen LogP contribution in [0.15, 0.2) is 30.3 Å². The number of rotatable bonds is 9. The predicted molar refractivity (Wildman–Crippen MR) is 116 cm³/mol. The van der Waals surface area contributed by atoms with Crippen molar-refractivity contribution in [2.24, 2.45) is 0 Å². The van der Waals surface area contributed by atoms with Crippen molar-refractivity contribution >= 4 is 17.2 Å². The third-order valence-corrected chi connectivity index (χ3v) is 9.02. The number of unbranched alkanes of at least 4 members (excludes halogenated alkanes) is 3. The van der Waals surface area contributed by atoms with Gasteiger partial charge in [-0.1, -0.05) is 35.9 Å². The summed E-state index contributed by atoms with van der Waals surface area (Å²) in [5, 5.41) is 0. The van der Waals surface area contributed by atoms with Crippen LogP contribution in [0.1, 0.15) is 64.9 Å². The van der Waals surface area contributed by atoms with E-state index in [1.165, 1.54) is 44.1 Å². The second-order valence-electron chi connectivity index (χ2n) is 6.78. The van der Waals surface area contributed by atoms with Gasteiger partial charge in [0.15, 0.2) is 0 Å². The maximum atomic E-state index is 2.65. The maximum Gasteiger partial charge on any atom is -0.0398 e. The van der Waals surface area contributed by atoms with Gasteiger partial charge in [0.2, 0.25) is 0 Å². The van der Waals surface area contributed by atoms with Gasteiger partial charge in [-0.2, -0.15) is 9.90 Å². The molecule has 0 saturated heterocycles. The molecule has 0 aliphatic carbocycles. The van der Waals surface area contributed by atoms with Gasteiger partial charge in [-0.15, -0.1) is 0 Å². The zero-order valence-corrected chi connectivity index (χ0v) is 18.4. The average Bonchev–Trinajstić information content (AvgIpc) is 2.51. The van der Waals surface area contributed by atoms with E-state index in [1.54, 1.807) is 18.5 Å². The molecule has 0 amide bonds. The van der Waals surface area contributed by atoms with Crippen LogP contribution in [0.2, 0.25) is 0 Å². The third kappa shape index (κ3) is 13.7. The second kappa shape index (κ2) is 16.0. The Morgan fingerprint density at radius 2 is 1.09 bits per heavy atom. The van der Waals surface area contributed by atoms with Gasteiger partial charge < -0.3 is 0 Å². The first-order chi connectivity index (χ1) is 10.1. The van der Waals surface area contributed by atoms with E-state index in [2.05, 4.69) is 46.5 Å². The fourth-order valence-corrected chi connectivity index (χ4v) is 7.09. The van der Waals surface area contributed by atoms with E-state index in [1.807, 2.05) is 18.2 Å². The minimum atomic E-state index is -0.812. The zero-order valence-electron chi connectivity index (χ0n) is 16.0. The van der Waals surface area contributed by atoms with E-state index in [4.69, 9.17) is 0 Å². The van der Waals surface area contributed by atoms with Crippen LogP contribution in [0, 0.1) is 6.92 Å². The van der Waals surface area contributed by atoms with Crippen LogP contribution in [0.4, 0.5) is 0 Å². The Morgan fingerprint density at radius 3 is 1.32 bits per heavy atom. The summed E-state index contributed by atoms with van der Waals surface area (Å²) in [6.07, 6.45) is 13.4. The molecule has 1 atom stereocenters. The molecule has 22 heavy (non-hydrogen) atoms. The number of hydrogen-bond acceptors (Lipinski definition) is 0. The molecular weight excluding hydrogens is 302 g/mol. The molecule has 2 heteroatoms. The molecule has 0 N–H and O–H groups in total. The largest absolute Gasteiger partial charge is 0.153 e. The zero-order chi connectivity index (χ0) is 16.0. The number of hydrogen-bond donors (Lipinski definition) is 0. The minimum Gasteiger partial charge on any atom is -0.153 e. The molecule has 1 unspecified atom stereocenters. The first-order valence-corrected chi connectivity index (χ1v) is 12.2. The van der Waals surface area contributed by atoms with Gasteiger partial charge in [-0.05, 0) is 6.92 Å². The summed E-state index contributed by atoms with van der Waals surface area (Å²) < 4.78 is 0. The summed E-state index contributed by atoms with van der Waals surface area (Å²) in [7, 11) is -0.812. The van der Waals surface area contributed by atoms with Gasteiger partial charge in [0, 0.05) is 0 Å². The Balaban J connectivity index is 0. The van der Waals surface area contributed by atoms with Crippen molar-refractivity contribution in [3.63, 3.8) is 0 Å². The summed E-state index contributed by atoms with van der Waals surface area (Å²) in [6, 6.07) is 10.3. The molecule has 0 bridgehead atoms. The standard InChI is InChI=1S/C13H31P.C7H8.H3P/c1-5-8-11-14(4,12-9-6-2)13-10-7-3;1-7-5-3-2-4-6-7;/h14H,5-13H2,1-4H3;2-6H,1H3;1H3. The Kier molecular flexibility index (Phi) is 17.6. The van der Waals surface area contributed by atoms with Crippen LogP contribution in [-0.4, -0.2) is 25.2 Å². The van der Waals surface area contributed by atoms with E-state index in [9.17, 15) is 0 Å². The summed E-state index contributed by atoms with van der Waals surface area (Å²) >= 11 is 0. The van der Waals surface area contributed by atoms with Crippen molar-refractivity contribution < 1.29 is 0 Å². The normalized spacial score (nSPS) is 11.1. The SMILES string of the molecule is CCCC[PH](C)(CCCC)CCCC.Cc1ccccc1.P. The number of aryl methyl sites for hydroxylation is 1. The van der Waals surface area contributed by atoms with Crippen molar-refractivity contribution in [1.29, 1.82) is 0 Å². The number of benzene rings is 1. The molecule has 0 aliphatic heterocycles. The molecule has 0 radical (unpaired) electrons. The topological polar surface area (TPSA) is 0 Å². The fourth-order valence-electron chi connectivity index (χ4n) is 2.72. The van der Waals surface area contributed by atoms with Crippen LogP contribution < -0.4 is 0 Å². The maximum absolute atomic E-state index is 2.65. The van der Waals surface area contributed by atoms with Crippen molar-refractivity contribution in [3.05, 3.63) is 35.9 Å². The Labute approximate surface area is 144 Å². The smallest absolute Gasteiger partial charge is 0.0398 e. The summed E-state index contributed by atoms with van der Waals surface area (Å²) in [6.45, 7) is 11.7. The Hall–Kier alpha value is 0.0800. The minimum absolute atomic E-state index is 0. The van der Waals surface area contributed by atoms with Crippen LogP contribution in [-0.2, 0) is 0 Å². The predicted octanol–water partition coefficient (Wildman–Crippen LogP) is 6.82. The first kappa shape index (κ1) is 24.3. The van der Waals surface area contributed by atoms with E-state index in [0.717, 1.165) is 0 Å².